The Morgan fingerprint density at radius 1 is 1.25 bits per heavy atom. The monoisotopic (exact) mass is 276 g/mol. The van der Waals surface area contributed by atoms with Gasteiger partial charge in [0.1, 0.15) is 6.54 Å². The number of nitrogens with zero attached hydrogens (tertiary/aromatic N) is 3. The molecule has 3 aliphatic rings. The number of hydrogen-bond donors (Lipinski definition) is 0. The van der Waals surface area contributed by atoms with Gasteiger partial charge in [0.25, 0.3) is 5.69 Å². The predicted molar refractivity (Wildman–Crippen MR) is 73.6 cm³/mol. The second-order valence-electron chi connectivity index (χ2n) is 5.74. The largest absolute Gasteiger partial charge is 0.314 e. The van der Waals surface area contributed by atoms with E-state index < -0.39 is 4.92 Å². The number of ketones is 1. The molecule has 0 saturated carbocycles. The minimum Gasteiger partial charge on any atom is -0.314 e. The lowest BCUT2D eigenvalue weighted by molar-refractivity contribution is -0.933. The van der Waals surface area contributed by atoms with E-state index >= 15 is 0 Å². The molecule has 0 atom stereocenters. The zero-order chi connectivity index (χ0) is 14.2. The fourth-order valence-electron chi connectivity index (χ4n) is 3.16. The van der Waals surface area contributed by atoms with Crippen molar-refractivity contribution in [2.75, 3.05) is 45.8 Å². The summed E-state index contributed by atoms with van der Waals surface area (Å²) in [4.78, 5) is 25.2. The maximum Gasteiger partial charge on any atom is 0.270 e. The van der Waals surface area contributed by atoms with Crippen LogP contribution in [0.15, 0.2) is 24.3 Å². The molecule has 0 N–H and O–H groups in total. The molecule has 6 heteroatoms. The Balaban J connectivity index is 1.76. The summed E-state index contributed by atoms with van der Waals surface area (Å²) >= 11 is 0. The van der Waals surface area contributed by atoms with Crippen molar-refractivity contribution in [1.29, 1.82) is 0 Å². The Bertz CT molecular complexity index is 537. The standard InChI is InChI=1S/C14H18N3O3/c18-14(12-2-1-3-13(10-12)16(19)20)11-17-7-4-15(5-8-17)6-9-17/h1-3,10H,4-9,11H2/q+1. The summed E-state index contributed by atoms with van der Waals surface area (Å²) in [7, 11) is 0. The van der Waals surface area contributed by atoms with Gasteiger partial charge in [0.05, 0.1) is 24.6 Å². The van der Waals surface area contributed by atoms with E-state index in [0.29, 0.717) is 12.1 Å². The highest BCUT2D eigenvalue weighted by molar-refractivity contribution is 5.97. The second kappa shape index (κ2) is 4.96. The number of Topliss-reactive ketones (excluding diaryl/α,β-unsaturated/α-hetero) is 1. The number of fused-ring (bicyclic) bond motifs is 3. The van der Waals surface area contributed by atoms with Gasteiger partial charge in [-0.05, 0) is 0 Å². The zero-order valence-corrected chi connectivity index (χ0v) is 11.3. The van der Waals surface area contributed by atoms with E-state index in [1.807, 2.05) is 0 Å². The van der Waals surface area contributed by atoms with Gasteiger partial charge in [-0.15, -0.1) is 0 Å². The molecule has 0 radical (unpaired) electrons. The number of quaternary nitrogens is 1. The molecule has 3 aliphatic heterocycles. The summed E-state index contributed by atoms with van der Waals surface area (Å²) < 4.78 is 0.845. The number of benzene rings is 1. The maximum atomic E-state index is 12.4. The van der Waals surface area contributed by atoms with Crippen LogP contribution >= 0.6 is 0 Å². The average molecular weight is 276 g/mol. The predicted octanol–water partition coefficient (Wildman–Crippen LogP) is 0.923. The molecule has 1 aromatic carbocycles. The molecule has 106 valence electrons. The van der Waals surface area contributed by atoms with E-state index in [9.17, 15) is 14.9 Å². The Kier molecular flexibility index (Phi) is 3.27. The first-order chi connectivity index (χ1) is 9.58. The van der Waals surface area contributed by atoms with E-state index in [0.717, 1.165) is 43.8 Å². The smallest absolute Gasteiger partial charge is 0.270 e. The van der Waals surface area contributed by atoms with Gasteiger partial charge in [-0.2, -0.15) is 0 Å². The van der Waals surface area contributed by atoms with Crippen molar-refractivity contribution in [1.82, 2.24) is 4.90 Å². The summed E-state index contributed by atoms with van der Waals surface area (Å²) in [5, 5.41) is 10.8. The number of piperazine rings is 3. The molecule has 0 aromatic heterocycles. The van der Waals surface area contributed by atoms with Gasteiger partial charge in [0.15, 0.2) is 0 Å². The van der Waals surface area contributed by atoms with Crippen LogP contribution in [0.5, 0.6) is 0 Å². The van der Waals surface area contributed by atoms with Crippen molar-refractivity contribution in [3.8, 4) is 0 Å². The van der Waals surface area contributed by atoms with Gasteiger partial charge in [-0.3, -0.25) is 19.8 Å². The van der Waals surface area contributed by atoms with Crippen molar-refractivity contribution in [3.05, 3.63) is 39.9 Å². The number of nitro benzene ring substituents is 1. The minimum absolute atomic E-state index is 0.0145. The second-order valence-corrected chi connectivity index (χ2v) is 5.74. The molecule has 0 aliphatic carbocycles. The molecule has 2 bridgehead atoms. The van der Waals surface area contributed by atoms with Crippen LogP contribution in [0.25, 0.3) is 0 Å². The summed E-state index contributed by atoms with van der Waals surface area (Å²) in [5.74, 6) is 0.0176. The van der Waals surface area contributed by atoms with E-state index in [2.05, 4.69) is 4.90 Å². The number of non-ortho nitro benzene ring substituents is 1. The van der Waals surface area contributed by atoms with Gasteiger partial charge in [0.2, 0.25) is 5.78 Å². The normalized spacial score (nSPS) is 28.3. The Morgan fingerprint density at radius 3 is 2.50 bits per heavy atom. The van der Waals surface area contributed by atoms with Crippen molar-refractivity contribution in [2.45, 2.75) is 0 Å². The number of carbonyl (C=O) groups excluding carboxylic acids is 1. The molecule has 20 heavy (non-hydrogen) atoms. The van der Waals surface area contributed by atoms with Crippen LogP contribution in [0.2, 0.25) is 0 Å². The molecule has 3 saturated heterocycles. The van der Waals surface area contributed by atoms with Crippen molar-refractivity contribution in [3.63, 3.8) is 0 Å². The molecule has 6 nitrogen and oxygen atoms in total. The van der Waals surface area contributed by atoms with E-state index in [-0.39, 0.29) is 11.5 Å². The molecule has 3 heterocycles. The number of nitro groups is 1. The molecule has 0 amide bonds. The van der Waals surface area contributed by atoms with Crippen molar-refractivity contribution in [2.24, 2.45) is 0 Å². The lowest BCUT2D eigenvalue weighted by Crippen LogP contribution is -2.68. The van der Waals surface area contributed by atoms with Crippen LogP contribution in [-0.2, 0) is 0 Å². The first kappa shape index (κ1) is 13.2. The van der Waals surface area contributed by atoms with Gasteiger partial charge in [-0.1, -0.05) is 12.1 Å². The third-order valence-corrected chi connectivity index (χ3v) is 4.53. The SMILES string of the molecule is O=C(C[N+]12CCN(CC1)CC2)c1cccc([N+](=O)[O-])c1. The van der Waals surface area contributed by atoms with Gasteiger partial charge in [0, 0.05) is 37.3 Å². The van der Waals surface area contributed by atoms with E-state index in [1.54, 1.807) is 12.1 Å². The summed E-state index contributed by atoms with van der Waals surface area (Å²) in [6, 6.07) is 6.07. The number of hydrogen-bond acceptors (Lipinski definition) is 4. The Labute approximate surface area is 117 Å². The summed E-state index contributed by atoms with van der Waals surface area (Å²) in [6.45, 7) is 6.68. The highest BCUT2D eigenvalue weighted by Gasteiger charge is 2.39. The lowest BCUT2D eigenvalue weighted by atomic mass is 10.1. The van der Waals surface area contributed by atoms with Crippen LogP contribution in [-0.4, -0.2) is 65.9 Å². The molecule has 0 spiro atoms. The zero-order valence-electron chi connectivity index (χ0n) is 11.3. The molecule has 4 rings (SSSR count). The molecule has 0 unspecified atom stereocenters. The lowest BCUT2D eigenvalue weighted by Gasteiger charge is -2.50. The third-order valence-electron chi connectivity index (χ3n) is 4.53. The average Bonchev–Trinajstić information content (AvgIpc) is 2.49. The summed E-state index contributed by atoms with van der Waals surface area (Å²) in [5.41, 5.74) is 0.444. The fourth-order valence-corrected chi connectivity index (χ4v) is 3.16. The molecular weight excluding hydrogens is 258 g/mol. The van der Waals surface area contributed by atoms with Crippen LogP contribution in [0.1, 0.15) is 10.4 Å². The highest BCUT2D eigenvalue weighted by Crippen LogP contribution is 2.21. The van der Waals surface area contributed by atoms with E-state index in [4.69, 9.17) is 0 Å². The first-order valence-corrected chi connectivity index (χ1v) is 6.93. The Morgan fingerprint density at radius 2 is 1.90 bits per heavy atom. The number of carbonyl (C=O) groups is 1. The fraction of sp³-hybridized carbons (Fsp3) is 0.500. The molecule has 3 fully saturated rings. The number of rotatable bonds is 4. The van der Waals surface area contributed by atoms with Crippen LogP contribution in [0.3, 0.4) is 0 Å². The van der Waals surface area contributed by atoms with Crippen LogP contribution in [0.4, 0.5) is 5.69 Å². The van der Waals surface area contributed by atoms with Crippen molar-refractivity contribution < 1.29 is 14.2 Å². The van der Waals surface area contributed by atoms with Crippen LogP contribution < -0.4 is 0 Å². The highest BCUT2D eigenvalue weighted by atomic mass is 16.6. The Hall–Kier alpha value is -1.79. The van der Waals surface area contributed by atoms with E-state index in [1.165, 1.54) is 12.1 Å². The maximum absolute atomic E-state index is 12.4. The third kappa shape index (κ3) is 2.44. The quantitative estimate of drug-likeness (QED) is 0.355. The molecule has 1 aromatic rings. The molecular formula is C14H18N3O3+. The van der Waals surface area contributed by atoms with Gasteiger partial charge >= 0.3 is 0 Å². The van der Waals surface area contributed by atoms with Crippen LogP contribution in [0, 0.1) is 10.1 Å². The van der Waals surface area contributed by atoms with Crippen molar-refractivity contribution >= 4 is 11.5 Å². The minimum atomic E-state index is -0.455. The topological polar surface area (TPSA) is 63.5 Å². The van der Waals surface area contributed by atoms with Gasteiger partial charge < -0.3 is 4.48 Å². The first-order valence-electron chi connectivity index (χ1n) is 6.93. The summed E-state index contributed by atoms with van der Waals surface area (Å²) in [6.07, 6.45) is 0. The van der Waals surface area contributed by atoms with Gasteiger partial charge in [-0.25, -0.2) is 0 Å².